The van der Waals surface area contributed by atoms with Crippen molar-refractivity contribution in [3.63, 3.8) is 0 Å². The molecule has 0 N–H and O–H groups in total. The lowest BCUT2D eigenvalue weighted by Crippen LogP contribution is -2.11. The highest BCUT2D eigenvalue weighted by molar-refractivity contribution is 5.85. The van der Waals surface area contributed by atoms with Gasteiger partial charge in [-0.05, 0) is 28.0 Å². The Hall–Kier alpha value is -1.24. The molecular weight excluding hydrogens is 218 g/mol. The highest BCUT2D eigenvalue weighted by atomic mass is 14.9. The maximum Gasteiger partial charge on any atom is 0.0483 e. The standard InChI is InChI=1S/C17H25N/c1-16(2,3)12-8-9-13-14(17(4,5)6)11-18(7)15(13)10-12/h8-11H,1-7H3. The zero-order valence-electron chi connectivity index (χ0n) is 12.8. The highest BCUT2D eigenvalue weighted by Gasteiger charge is 2.21. The summed E-state index contributed by atoms with van der Waals surface area (Å²) in [4.78, 5) is 0. The number of benzene rings is 1. The maximum atomic E-state index is 2.34. The van der Waals surface area contributed by atoms with Crippen molar-refractivity contribution >= 4 is 10.9 Å². The van der Waals surface area contributed by atoms with Gasteiger partial charge in [0, 0.05) is 24.1 Å². The Morgan fingerprint density at radius 3 is 2.00 bits per heavy atom. The molecule has 0 aliphatic rings. The van der Waals surface area contributed by atoms with Gasteiger partial charge in [0.05, 0.1) is 0 Å². The zero-order chi connectivity index (χ0) is 13.7. The molecule has 0 saturated heterocycles. The van der Waals surface area contributed by atoms with Crippen LogP contribution in [0.5, 0.6) is 0 Å². The van der Waals surface area contributed by atoms with E-state index in [1.807, 2.05) is 0 Å². The summed E-state index contributed by atoms with van der Waals surface area (Å²) in [6, 6.07) is 6.90. The quantitative estimate of drug-likeness (QED) is 0.628. The third-order valence-electron chi connectivity index (χ3n) is 3.66. The molecule has 0 saturated carbocycles. The number of aryl methyl sites for hydroxylation is 1. The van der Waals surface area contributed by atoms with Crippen LogP contribution in [0.3, 0.4) is 0 Å². The van der Waals surface area contributed by atoms with Gasteiger partial charge in [-0.2, -0.15) is 0 Å². The Balaban J connectivity index is 2.71. The van der Waals surface area contributed by atoms with E-state index in [4.69, 9.17) is 0 Å². The van der Waals surface area contributed by atoms with E-state index in [2.05, 4.69) is 77.6 Å². The predicted molar refractivity (Wildman–Crippen MR) is 80.3 cm³/mol. The number of hydrogen-bond acceptors (Lipinski definition) is 0. The molecule has 18 heavy (non-hydrogen) atoms. The minimum atomic E-state index is 0.197. The van der Waals surface area contributed by atoms with Crippen molar-refractivity contribution in [2.45, 2.75) is 52.4 Å². The first kappa shape index (κ1) is 13.2. The van der Waals surface area contributed by atoms with E-state index in [-0.39, 0.29) is 10.8 Å². The summed E-state index contributed by atoms with van der Waals surface area (Å²) in [5, 5.41) is 1.39. The fourth-order valence-electron chi connectivity index (χ4n) is 2.45. The van der Waals surface area contributed by atoms with Crippen molar-refractivity contribution in [2.24, 2.45) is 7.05 Å². The molecule has 1 heterocycles. The number of aromatic nitrogens is 1. The van der Waals surface area contributed by atoms with Gasteiger partial charge in [0.2, 0.25) is 0 Å². The second-order valence-corrected chi connectivity index (χ2v) is 7.39. The van der Waals surface area contributed by atoms with Crippen LogP contribution >= 0.6 is 0 Å². The minimum absolute atomic E-state index is 0.197. The van der Waals surface area contributed by atoms with E-state index in [0.29, 0.717) is 0 Å². The Bertz CT molecular complexity index is 574. The Morgan fingerprint density at radius 2 is 1.50 bits per heavy atom. The average Bonchev–Trinajstić information content (AvgIpc) is 2.54. The fraction of sp³-hybridized carbons (Fsp3) is 0.529. The molecule has 1 nitrogen and oxygen atoms in total. The summed E-state index contributed by atoms with van der Waals surface area (Å²) in [7, 11) is 2.14. The number of hydrogen-bond donors (Lipinski definition) is 0. The van der Waals surface area contributed by atoms with Crippen molar-refractivity contribution in [1.82, 2.24) is 4.57 Å². The normalized spacial score (nSPS) is 13.3. The molecule has 1 aromatic heterocycles. The lowest BCUT2D eigenvalue weighted by atomic mass is 9.84. The lowest BCUT2D eigenvalue weighted by molar-refractivity contribution is 0.590. The summed E-state index contributed by atoms with van der Waals surface area (Å²) in [5.41, 5.74) is 4.58. The first-order valence-electron chi connectivity index (χ1n) is 6.71. The van der Waals surface area contributed by atoms with Gasteiger partial charge in [0.1, 0.15) is 0 Å². The molecule has 2 rings (SSSR count). The summed E-state index contributed by atoms with van der Waals surface area (Å²) in [5.74, 6) is 0. The molecule has 0 atom stereocenters. The van der Waals surface area contributed by atoms with E-state index in [1.165, 1.54) is 22.0 Å². The van der Waals surface area contributed by atoms with Crippen LogP contribution in [0.1, 0.15) is 52.7 Å². The largest absolute Gasteiger partial charge is 0.350 e. The highest BCUT2D eigenvalue weighted by Crippen LogP contribution is 2.33. The van der Waals surface area contributed by atoms with Crippen molar-refractivity contribution in [3.05, 3.63) is 35.5 Å². The molecular formula is C17H25N. The van der Waals surface area contributed by atoms with E-state index < -0.39 is 0 Å². The molecule has 1 aromatic carbocycles. The summed E-state index contributed by atoms with van der Waals surface area (Å²) >= 11 is 0. The van der Waals surface area contributed by atoms with E-state index >= 15 is 0 Å². The molecule has 98 valence electrons. The monoisotopic (exact) mass is 243 g/mol. The molecule has 0 fully saturated rings. The average molecular weight is 243 g/mol. The number of nitrogens with zero attached hydrogens (tertiary/aromatic N) is 1. The molecule has 0 spiro atoms. The first-order valence-corrected chi connectivity index (χ1v) is 6.71. The van der Waals surface area contributed by atoms with Crippen LogP contribution in [-0.2, 0) is 17.9 Å². The number of rotatable bonds is 0. The van der Waals surface area contributed by atoms with Crippen molar-refractivity contribution in [3.8, 4) is 0 Å². The Kier molecular flexibility index (Phi) is 2.84. The topological polar surface area (TPSA) is 4.93 Å². The van der Waals surface area contributed by atoms with Crippen molar-refractivity contribution in [1.29, 1.82) is 0 Å². The van der Waals surface area contributed by atoms with Crippen LogP contribution in [0.25, 0.3) is 10.9 Å². The van der Waals surface area contributed by atoms with Gasteiger partial charge >= 0.3 is 0 Å². The van der Waals surface area contributed by atoms with Gasteiger partial charge in [0.15, 0.2) is 0 Å². The van der Waals surface area contributed by atoms with Crippen LogP contribution in [0.2, 0.25) is 0 Å². The molecule has 0 unspecified atom stereocenters. The van der Waals surface area contributed by atoms with Crippen LogP contribution in [-0.4, -0.2) is 4.57 Å². The predicted octanol–water partition coefficient (Wildman–Crippen LogP) is 4.77. The molecule has 0 radical (unpaired) electrons. The van der Waals surface area contributed by atoms with Gasteiger partial charge < -0.3 is 4.57 Å². The van der Waals surface area contributed by atoms with E-state index in [1.54, 1.807) is 0 Å². The third kappa shape index (κ3) is 2.19. The second kappa shape index (κ2) is 3.88. The summed E-state index contributed by atoms with van der Waals surface area (Å²) < 4.78 is 2.26. The van der Waals surface area contributed by atoms with Crippen LogP contribution in [0, 0.1) is 0 Å². The minimum Gasteiger partial charge on any atom is -0.350 e. The first-order chi connectivity index (χ1) is 8.10. The molecule has 0 amide bonds. The molecule has 2 aromatic rings. The Morgan fingerprint density at radius 1 is 0.889 bits per heavy atom. The smallest absolute Gasteiger partial charge is 0.0483 e. The summed E-state index contributed by atoms with van der Waals surface area (Å²) in [6.07, 6.45) is 2.27. The summed E-state index contributed by atoms with van der Waals surface area (Å²) in [6.45, 7) is 13.6. The molecule has 1 heteroatoms. The van der Waals surface area contributed by atoms with Crippen molar-refractivity contribution < 1.29 is 0 Å². The lowest BCUT2D eigenvalue weighted by Gasteiger charge is -2.20. The maximum absolute atomic E-state index is 2.34. The number of fused-ring (bicyclic) bond motifs is 1. The van der Waals surface area contributed by atoms with Gasteiger partial charge in [-0.1, -0.05) is 53.7 Å². The Labute approximate surface area is 111 Å². The van der Waals surface area contributed by atoms with E-state index in [0.717, 1.165) is 0 Å². The molecule has 0 bridgehead atoms. The van der Waals surface area contributed by atoms with Gasteiger partial charge in [0.25, 0.3) is 0 Å². The molecule has 0 aliphatic carbocycles. The SMILES string of the molecule is Cn1cc(C(C)(C)C)c2ccc(C(C)(C)C)cc21. The van der Waals surface area contributed by atoms with Crippen LogP contribution in [0.4, 0.5) is 0 Å². The third-order valence-corrected chi connectivity index (χ3v) is 3.66. The van der Waals surface area contributed by atoms with E-state index in [9.17, 15) is 0 Å². The van der Waals surface area contributed by atoms with Gasteiger partial charge in [-0.3, -0.25) is 0 Å². The zero-order valence-corrected chi connectivity index (χ0v) is 12.8. The molecule has 0 aliphatic heterocycles. The van der Waals surface area contributed by atoms with Gasteiger partial charge in [-0.15, -0.1) is 0 Å². The van der Waals surface area contributed by atoms with Gasteiger partial charge in [-0.25, -0.2) is 0 Å². The van der Waals surface area contributed by atoms with Crippen LogP contribution in [0.15, 0.2) is 24.4 Å². The fourth-order valence-corrected chi connectivity index (χ4v) is 2.45. The second-order valence-electron chi connectivity index (χ2n) is 7.39. The van der Waals surface area contributed by atoms with Crippen molar-refractivity contribution in [2.75, 3.05) is 0 Å². The van der Waals surface area contributed by atoms with Crippen LogP contribution < -0.4 is 0 Å².